The Kier molecular flexibility index (Phi) is 6.71. The van der Waals surface area contributed by atoms with Gasteiger partial charge in [-0.2, -0.15) is 0 Å². The molecular formula is C22H29NO3S. The molecule has 4 nitrogen and oxygen atoms in total. The van der Waals surface area contributed by atoms with Crippen LogP contribution in [-0.2, 0) is 20.4 Å². The Morgan fingerprint density at radius 2 is 1.67 bits per heavy atom. The van der Waals surface area contributed by atoms with Gasteiger partial charge in [0, 0.05) is 29.3 Å². The van der Waals surface area contributed by atoms with Crippen LogP contribution in [0.5, 0.6) is 5.75 Å². The fourth-order valence-corrected chi connectivity index (χ4v) is 3.50. The van der Waals surface area contributed by atoms with Crippen LogP contribution >= 0.6 is 11.8 Å². The predicted molar refractivity (Wildman–Crippen MR) is 115 cm³/mol. The number of carbonyl (C=O) groups excluding carboxylic acids is 1. The highest BCUT2D eigenvalue weighted by Crippen LogP contribution is 2.41. The van der Waals surface area contributed by atoms with E-state index in [2.05, 4.69) is 58.7 Å². The van der Waals surface area contributed by atoms with Crippen LogP contribution in [0, 0.1) is 0 Å². The van der Waals surface area contributed by atoms with Gasteiger partial charge >= 0.3 is 0 Å². The third-order valence-corrected chi connectivity index (χ3v) is 5.02. The highest BCUT2D eigenvalue weighted by molar-refractivity contribution is 8.07. The number of nitrogens with zero attached hydrogens (tertiary/aromatic N) is 1. The van der Waals surface area contributed by atoms with Gasteiger partial charge < -0.3 is 9.47 Å². The van der Waals surface area contributed by atoms with Gasteiger partial charge in [-0.05, 0) is 40.0 Å². The van der Waals surface area contributed by atoms with Gasteiger partial charge in [-0.1, -0.05) is 53.3 Å². The Morgan fingerprint density at radius 1 is 1.07 bits per heavy atom. The van der Waals surface area contributed by atoms with Gasteiger partial charge in [-0.25, -0.2) is 0 Å². The van der Waals surface area contributed by atoms with Crippen LogP contribution in [0.2, 0.25) is 0 Å². The van der Waals surface area contributed by atoms with Gasteiger partial charge in [0.15, 0.2) is 13.1 Å². The quantitative estimate of drug-likeness (QED) is 0.497. The van der Waals surface area contributed by atoms with Crippen molar-refractivity contribution in [1.82, 2.24) is 0 Å². The summed E-state index contributed by atoms with van der Waals surface area (Å²) in [5.74, 6) is 0.875. The first-order valence-electron chi connectivity index (χ1n) is 8.95. The van der Waals surface area contributed by atoms with Crippen molar-refractivity contribution in [3.05, 3.63) is 45.3 Å². The number of rotatable bonds is 5. The molecule has 0 bridgehead atoms. The summed E-state index contributed by atoms with van der Waals surface area (Å²) in [5.41, 5.74) is 3.48. The van der Waals surface area contributed by atoms with Crippen LogP contribution in [0.4, 0.5) is 0 Å². The fraction of sp³-hybridized carbons (Fsp3) is 0.455. The molecule has 0 aromatic heterocycles. The molecule has 5 heteroatoms. The van der Waals surface area contributed by atoms with E-state index in [9.17, 15) is 4.79 Å². The number of methoxy groups -OCH3 is 1. The number of hydrogen-bond donors (Lipinski definition) is 0. The van der Waals surface area contributed by atoms with E-state index < -0.39 is 0 Å². The SMILES string of the molecule is COCOc1c(C(C)(C)C)cc(C=C2SC=CN=C2C=O)cc1C(C)(C)C. The summed E-state index contributed by atoms with van der Waals surface area (Å²) < 4.78 is 11.2. The lowest BCUT2D eigenvalue weighted by Crippen LogP contribution is -2.20. The van der Waals surface area contributed by atoms with Crippen LogP contribution in [0.3, 0.4) is 0 Å². The molecule has 0 unspecified atom stereocenters. The average Bonchev–Trinajstić information content (AvgIpc) is 2.58. The molecule has 1 aromatic carbocycles. The second-order valence-corrected chi connectivity index (χ2v) is 9.49. The molecule has 0 fully saturated rings. The molecule has 1 aliphatic heterocycles. The maximum Gasteiger partial charge on any atom is 0.188 e. The lowest BCUT2D eigenvalue weighted by atomic mass is 9.78. The summed E-state index contributed by atoms with van der Waals surface area (Å²) in [6.45, 7) is 13.2. The molecule has 0 saturated heterocycles. The molecule has 1 aliphatic rings. The Balaban J connectivity index is 2.68. The number of allylic oxidation sites excluding steroid dienone is 1. The Bertz CT molecular complexity index is 758. The van der Waals surface area contributed by atoms with Crippen molar-refractivity contribution in [3.8, 4) is 5.75 Å². The molecule has 0 atom stereocenters. The molecule has 2 rings (SSSR count). The number of benzene rings is 1. The molecule has 1 aromatic rings. The Morgan fingerprint density at radius 3 is 2.15 bits per heavy atom. The zero-order valence-electron chi connectivity index (χ0n) is 17.3. The lowest BCUT2D eigenvalue weighted by Gasteiger charge is -2.30. The Labute approximate surface area is 166 Å². The summed E-state index contributed by atoms with van der Waals surface area (Å²) in [4.78, 5) is 16.3. The molecule has 0 radical (unpaired) electrons. The molecule has 27 heavy (non-hydrogen) atoms. The number of ether oxygens (including phenoxy) is 2. The highest BCUT2D eigenvalue weighted by atomic mass is 32.2. The largest absolute Gasteiger partial charge is 0.467 e. The average molecular weight is 388 g/mol. The summed E-state index contributed by atoms with van der Waals surface area (Å²) >= 11 is 1.50. The van der Waals surface area contributed by atoms with Crippen molar-refractivity contribution in [2.24, 2.45) is 4.99 Å². The minimum atomic E-state index is -0.112. The summed E-state index contributed by atoms with van der Waals surface area (Å²) in [7, 11) is 1.63. The second kappa shape index (κ2) is 8.44. The number of hydrogen-bond acceptors (Lipinski definition) is 5. The van der Waals surface area contributed by atoms with Crippen molar-refractivity contribution in [2.45, 2.75) is 52.4 Å². The van der Waals surface area contributed by atoms with E-state index in [-0.39, 0.29) is 17.6 Å². The van der Waals surface area contributed by atoms with Gasteiger partial charge in [0.25, 0.3) is 0 Å². The second-order valence-electron chi connectivity index (χ2n) is 8.54. The van der Waals surface area contributed by atoms with Crippen molar-refractivity contribution >= 4 is 29.8 Å². The standard InChI is InChI=1S/C22H29NO3S/c1-21(2,3)16-10-15(12-19-18(13-24)23-8-9-27-19)11-17(22(4,5)6)20(16)26-14-25-7/h8-13H,14H2,1-7H3. The van der Waals surface area contributed by atoms with E-state index in [1.165, 1.54) is 11.8 Å². The smallest absolute Gasteiger partial charge is 0.188 e. The first kappa shape index (κ1) is 21.5. The maximum absolute atomic E-state index is 11.3. The predicted octanol–water partition coefficient (Wildman–Crippen LogP) is 5.46. The first-order valence-corrected chi connectivity index (χ1v) is 9.83. The first-order chi connectivity index (χ1) is 12.6. The van der Waals surface area contributed by atoms with Gasteiger partial charge in [-0.15, -0.1) is 0 Å². The van der Waals surface area contributed by atoms with Crippen molar-refractivity contribution in [3.63, 3.8) is 0 Å². The normalized spacial score (nSPS) is 16.4. The molecule has 0 aliphatic carbocycles. The van der Waals surface area contributed by atoms with E-state index >= 15 is 0 Å². The Hall–Kier alpha value is -1.85. The molecular weight excluding hydrogens is 358 g/mol. The van der Waals surface area contributed by atoms with Crippen molar-refractivity contribution in [2.75, 3.05) is 13.9 Å². The van der Waals surface area contributed by atoms with E-state index in [1.54, 1.807) is 13.3 Å². The summed E-state index contributed by atoms with van der Waals surface area (Å²) in [6, 6.07) is 4.27. The minimum Gasteiger partial charge on any atom is -0.467 e. The molecule has 0 N–H and O–H groups in total. The fourth-order valence-electron chi connectivity index (χ4n) is 2.81. The van der Waals surface area contributed by atoms with Crippen molar-refractivity contribution < 1.29 is 14.3 Å². The number of carbonyl (C=O) groups is 1. The minimum absolute atomic E-state index is 0.112. The number of thioether (sulfide) groups is 1. The van der Waals surface area contributed by atoms with Gasteiger partial charge in [0.2, 0.25) is 0 Å². The van der Waals surface area contributed by atoms with E-state index in [0.29, 0.717) is 5.71 Å². The zero-order valence-corrected chi connectivity index (χ0v) is 18.1. The van der Waals surface area contributed by atoms with Crippen LogP contribution in [0.15, 0.2) is 33.6 Å². The van der Waals surface area contributed by atoms with Crippen LogP contribution in [0.1, 0.15) is 58.2 Å². The van der Waals surface area contributed by atoms with E-state index in [1.807, 2.05) is 11.5 Å². The van der Waals surface area contributed by atoms with Gasteiger partial charge in [0.05, 0.1) is 0 Å². The third kappa shape index (κ3) is 5.33. The third-order valence-electron chi connectivity index (χ3n) is 4.18. The van der Waals surface area contributed by atoms with E-state index in [0.717, 1.165) is 33.6 Å². The van der Waals surface area contributed by atoms with Gasteiger partial charge in [0.1, 0.15) is 11.5 Å². The lowest BCUT2D eigenvalue weighted by molar-refractivity contribution is -0.102. The van der Waals surface area contributed by atoms with Crippen LogP contribution in [0.25, 0.3) is 6.08 Å². The monoisotopic (exact) mass is 387 g/mol. The maximum atomic E-state index is 11.3. The topological polar surface area (TPSA) is 47.9 Å². The molecule has 146 valence electrons. The number of aliphatic imine (C=N–C) groups is 1. The summed E-state index contributed by atoms with van der Waals surface area (Å²) in [5, 5.41) is 1.88. The van der Waals surface area contributed by atoms with Crippen LogP contribution in [-0.4, -0.2) is 25.9 Å². The van der Waals surface area contributed by atoms with Crippen LogP contribution < -0.4 is 4.74 Å². The molecule has 1 heterocycles. The molecule has 0 amide bonds. The molecule has 0 spiro atoms. The van der Waals surface area contributed by atoms with Crippen molar-refractivity contribution in [1.29, 1.82) is 0 Å². The number of aldehydes is 1. The summed E-state index contributed by atoms with van der Waals surface area (Å²) in [6.07, 6.45) is 4.47. The van der Waals surface area contributed by atoms with E-state index in [4.69, 9.17) is 9.47 Å². The van der Waals surface area contributed by atoms with Gasteiger partial charge in [-0.3, -0.25) is 9.79 Å². The molecule has 0 saturated carbocycles. The highest BCUT2D eigenvalue weighted by Gasteiger charge is 2.28. The zero-order chi connectivity index (χ0) is 20.2.